The number of aromatic nitrogens is 2. The highest BCUT2D eigenvalue weighted by atomic mass is 16.5. The van der Waals surface area contributed by atoms with Crippen LogP contribution >= 0.6 is 0 Å². The second kappa shape index (κ2) is 7.13. The number of benzene rings is 1. The number of hydrogen-bond acceptors (Lipinski definition) is 5. The van der Waals surface area contributed by atoms with E-state index in [0.717, 1.165) is 25.1 Å². The highest BCUT2D eigenvalue weighted by molar-refractivity contribution is 5.99. The number of likely N-dealkylation sites (N-methyl/N-ethyl adjacent to an activating group) is 1. The molecule has 1 aliphatic heterocycles. The van der Waals surface area contributed by atoms with Gasteiger partial charge in [0.05, 0.1) is 12.6 Å². The van der Waals surface area contributed by atoms with Crippen molar-refractivity contribution in [2.45, 2.75) is 39.3 Å². The highest BCUT2D eigenvalue weighted by Crippen LogP contribution is 2.24. The zero-order chi connectivity index (χ0) is 17.1. The van der Waals surface area contributed by atoms with E-state index in [2.05, 4.69) is 24.0 Å². The second-order valence-electron chi connectivity index (χ2n) is 6.75. The summed E-state index contributed by atoms with van der Waals surface area (Å²) in [5, 5.41) is 4.03. The number of carbonyl (C=O) groups excluding carboxylic acids is 1. The van der Waals surface area contributed by atoms with Crippen molar-refractivity contribution in [3.63, 3.8) is 0 Å². The predicted octanol–water partition coefficient (Wildman–Crippen LogP) is 2.51. The molecule has 0 spiro atoms. The van der Waals surface area contributed by atoms with Gasteiger partial charge < -0.3 is 9.42 Å². The normalized spacial score (nSPS) is 18.1. The van der Waals surface area contributed by atoms with Gasteiger partial charge in [-0.15, -0.1) is 0 Å². The third-order valence-electron chi connectivity index (χ3n) is 4.26. The summed E-state index contributed by atoms with van der Waals surface area (Å²) in [4.78, 5) is 21.0. The monoisotopic (exact) mass is 328 g/mol. The average Bonchev–Trinajstić information content (AvgIpc) is 3.14. The summed E-state index contributed by atoms with van der Waals surface area (Å²) in [6.07, 6.45) is 1.59. The molecular formula is C18H24N4O2. The van der Waals surface area contributed by atoms with Crippen molar-refractivity contribution in [2.75, 3.05) is 18.5 Å². The first-order valence-electron chi connectivity index (χ1n) is 8.42. The summed E-state index contributed by atoms with van der Waals surface area (Å²) in [7, 11) is 1.94. The Morgan fingerprint density at radius 3 is 2.79 bits per heavy atom. The van der Waals surface area contributed by atoms with Gasteiger partial charge in [0, 0.05) is 18.7 Å². The molecule has 0 bridgehead atoms. The molecule has 2 heterocycles. The molecule has 1 amide bonds. The summed E-state index contributed by atoms with van der Waals surface area (Å²) < 4.78 is 5.27. The first kappa shape index (κ1) is 16.6. The first-order chi connectivity index (χ1) is 11.5. The van der Waals surface area contributed by atoms with Gasteiger partial charge >= 0.3 is 0 Å². The van der Waals surface area contributed by atoms with E-state index >= 15 is 0 Å². The Kier molecular flexibility index (Phi) is 4.94. The molecule has 1 aromatic heterocycles. The number of anilines is 1. The fourth-order valence-corrected chi connectivity index (χ4v) is 3.06. The molecule has 0 radical (unpaired) electrons. The van der Waals surface area contributed by atoms with Gasteiger partial charge in [0.2, 0.25) is 11.8 Å². The van der Waals surface area contributed by atoms with E-state index in [-0.39, 0.29) is 11.9 Å². The molecule has 1 unspecified atom stereocenters. The van der Waals surface area contributed by atoms with Crippen molar-refractivity contribution < 1.29 is 9.32 Å². The molecule has 1 aliphatic rings. The smallest absolute Gasteiger partial charge is 0.244 e. The molecule has 0 aliphatic carbocycles. The van der Waals surface area contributed by atoms with Crippen LogP contribution in [0.4, 0.5) is 5.69 Å². The number of para-hydroxylation sites is 1. The zero-order valence-electron chi connectivity index (χ0n) is 14.5. The van der Waals surface area contributed by atoms with Crippen LogP contribution in [0.5, 0.6) is 0 Å². The van der Waals surface area contributed by atoms with Gasteiger partial charge in [0.25, 0.3) is 0 Å². The minimum absolute atomic E-state index is 0.134. The van der Waals surface area contributed by atoms with Gasteiger partial charge in [-0.3, -0.25) is 9.69 Å². The van der Waals surface area contributed by atoms with E-state index in [4.69, 9.17) is 4.52 Å². The Morgan fingerprint density at radius 1 is 1.33 bits per heavy atom. The molecule has 3 rings (SSSR count). The molecule has 0 saturated carbocycles. The van der Waals surface area contributed by atoms with Crippen LogP contribution in [0.2, 0.25) is 0 Å². The third kappa shape index (κ3) is 3.64. The number of amides is 1. The highest BCUT2D eigenvalue weighted by Gasteiger charge is 2.35. The maximum absolute atomic E-state index is 12.7. The number of rotatable bonds is 6. The zero-order valence-corrected chi connectivity index (χ0v) is 14.5. The van der Waals surface area contributed by atoms with Crippen LogP contribution in [-0.4, -0.2) is 40.6 Å². The van der Waals surface area contributed by atoms with Crippen molar-refractivity contribution >= 4 is 11.6 Å². The van der Waals surface area contributed by atoms with Crippen LogP contribution in [0.25, 0.3) is 0 Å². The minimum atomic E-state index is -0.141. The van der Waals surface area contributed by atoms with Gasteiger partial charge in [0.1, 0.15) is 0 Å². The summed E-state index contributed by atoms with van der Waals surface area (Å²) in [5.74, 6) is 1.91. The van der Waals surface area contributed by atoms with E-state index in [1.807, 2.05) is 47.2 Å². The van der Waals surface area contributed by atoms with Gasteiger partial charge in [-0.25, -0.2) is 0 Å². The van der Waals surface area contributed by atoms with Gasteiger partial charge in [-0.1, -0.05) is 37.2 Å². The fourth-order valence-electron chi connectivity index (χ4n) is 3.06. The SMILES string of the molecule is CC(C)Cc1nc(CN(C)C2CCN(c3ccccc3)C2=O)no1. The van der Waals surface area contributed by atoms with Crippen LogP contribution in [0.1, 0.15) is 32.0 Å². The van der Waals surface area contributed by atoms with Crippen LogP contribution < -0.4 is 4.90 Å². The summed E-state index contributed by atoms with van der Waals surface area (Å²) >= 11 is 0. The van der Waals surface area contributed by atoms with Crippen molar-refractivity contribution in [3.05, 3.63) is 42.0 Å². The second-order valence-corrected chi connectivity index (χ2v) is 6.75. The average molecular weight is 328 g/mol. The van der Waals surface area contributed by atoms with Crippen molar-refractivity contribution in [2.24, 2.45) is 5.92 Å². The maximum atomic E-state index is 12.7. The van der Waals surface area contributed by atoms with Crippen molar-refractivity contribution in [3.8, 4) is 0 Å². The summed E-state index contributed by atoms with van der Waals surface area (Å²) in [5.41, 5.74) is 0.956. The van der Waals surface area contributed by atoms with Crippen molar-refractivity contribution in [1.29, 1.82) is 0 Å². The Balaban J connectivity index is 1.62. The third-order valence-corrected chi connectivity index (χ3v) is 4.26. The number of carbonyl (C=O) groups is 1. The molecule has 2 aromatic rings. The Hall–Kier alpha value is -2.21. The topological polar surface area (TPSA) is 62.5 Å². The van der Waals surface area contributed by atoms with E-state index in [0.29, 0.717) is 24.2 Å². The fraction of sp³-hybridized carbons (Fsp3) is 0.500. The molecule has 1 aromatic carbocycles. The summed E-state index contributed by atoms with van der Waals surface area (Å²) in [6.45, 7) is 5.49. The van der Waals surface area contributed by atoms with Gasteiger partial charge in [0.15, 0.2) is 5.82 Å². The lowest BCUT2D eigenvalue weighted by Crippen LogP contribution is -2.39. The van der Waals surface area contributed by atoms with Gasteiger partial charge in [-0.05, 0) is 31.5 Å². The maximum Gasteiger partial charge on any atom is 0.244 e. The predicted molar refractivity (Wildman–Crippen MR) is 91.5 cm³/mol. The van der Waals surface area contributed by atoms with E-state index in [1.165, 1.54) is 0 Å². The number of hydrogen-bond donors (Lipinski definition) is 0. The van der Waals surface area contributed by atoms with Crippen LogP contribution in [0.3, 0.4) is 0 Å². The van der Waals surface area contributed by atoms with E-state index < -0.39 is 0 Å². The molecule has 128 valence electrons. The lowest BCUT2D eigenvalue weighted by atomic mass is 10.1. The van der Waals surface area contributed by atoms with Crippen LogP contribution in [0.15, 0.2) is 34.9 Å². The Labute approximate surface area is 142 Å². The molecular weight excluding hydrogens is 304 g/mol. The molecule has 6 heteroatoms. The van der Waals surface area contributed by atoms with Crippen LogP contribution in [-0.2, 0) is 17.8 Å². The Bertz CT molecular complexity index is 683. The van der Waals surface area contributed by atoms with E-state index in [1.54, 1.807) is 0 Å². The molecule has 1 saturated heterocycles. The van der Waals surface area contributed by atoms with Gasteiger partial charge in [-0.2, -0.15) is 4.98 Å². The Morgan fingerprint density at radius 2 is 2.08 bits per heavy atom. The molecule has 1 fully saturated rings. The van der Waals surface area contributed by atoms with Crippen molar-refractivity contribution in [1.82, 2.24) is 15.0 Å². The molecule has 6 nitrogen and oxygen atoms in total. The lowest BCUT2D eigenvalue weighted by molar-refractivity contribution is -0.121. The minimum Gasteiger partial charge on any atom is -0.339 e. The van der Waals surface area contributed by atoms with Crippen LogP contribution in [0, 0.1) is 5.92 Å². The molecule has 24 heavy (non-hydrogen) atoms. The summed E-state index contributed by atoms with van der Waals surface area (Å²) in [6, 6.07) is 9.66. The molecule has 0 N–H and O–H groups in total. The quantitative estimate of drug-likeness (QED) is 0.815. The number of nitrogens with zero attached hydrogens (tertiary/aromatic N) is 4. The first-order valence-corrected chi connectivity index (χ1v) is 8.42. The largest absolute Gasteiger partial charge is 0.339 e. The van der Waals surface area contributed by atoms with E-state index in [9.17, 15) is 4.79 Å². The molecule has 1 atom stereocenters. The lowest BCUT2D eigenvalue weighted by Gasteiger charge is -2.22. The standard InChI is InChI=1S/C18H24N4O2/c1-13(2)11-17-19-16(20-24-17)12-21(3)15-9-10-22(18(15)23)14-7-5-4-6-8-14/h4-8,13,15H,9-12H2,1-3H3.